The molecule has 0 unspecified atom stereocenters. The van der Waals surface area contributed by atoms with Gasteiger partial charge in [-0.05, 0) is 0 Å². The summed E-state index contributed by atoms with van der Waals surface area (Å²) in [5.41, 5.74) is 0. The minimum atomic E-state index is 0. The minimum absolute atomic E-state index is 0. The van der Waals surface area contributed by atoms with Crippen LogP contribution in [0.4, 0.5) is 0 Å². The Morgan fingerprint density at radius 3 is 1.36 bits per heavy atom. The van der Waals surface area contributed by atoms with E-state index >= 15 is 0 Å². The average molecular weight is 158 g/mol. The summed E-state index contributed by atoms with van der Waals surface area (Å²) >= 11 is 0. The van der Waals surface area contributed by atoms with E-state index in [0.29, 0.717) is 0 Å². The summed E-state index contributed by atoms with van der Waals surface area (Å²) in [7, 11) is 0. The maximum absolute atomic E-state index is 3.61. The van der Waals surface area contributed by atoms with Gasteiger partial charge in [0.25, 0.3) is 0 Å². The Labute approximate surface area is 80.6 Å². The van der Waals surface area contributed by atoms with Gasteiger partial charge in [-0.15, -0.1) is 0 Å². The molecule has 0 bridgehead atoms. The number of aromatic nitrogens is 4. The van der Waals surface area contributed by atoms with Crippen molar-refractivity contribution in [2.45, 2.75) is 0 Å². The number of rotatable bonds is 0. The Morgan fingerprint density at radius 1 is 0.818 bits per heavy atom. The van der Waals surface area contributed by atoms with Gasteiger partial charge in [-0.3, -0.25) is 0 Å². The van der Waals surface area contributed by atoms with Crippen molar-refractivity contribution in [2.24, 2.45) is 0 Å². The van der Waals surface area contributed by atoms with Crippen molar-refractivity contribution in [1.82, 2.24) is 19.9 Å². The van der Waals surface area contributed by atoms with Crippen LogP contribution in [0.2, 0.25) is 0 Å². The standard InChI is InChI=1S/2C3H3N2.Mg/c2*1-2-5-3-4-1;/h2*1-3H;/q2*-1;+2. The second kappa shape index (κ2) is 7.30. The molecule has 0 aromatic carbocycles. The summed E-state index contributed by atoms with van der Waals surface area (Å²) < 4.78 is 0. The molecule has 4 nitrogen and oxygen atoms in total. The molecule has 2 aromatic rings. The molecule has 5 heteroatoms. The SMILES string of the molecule is [Mg+2].c1c[n-]cn1.c1c[n-]cn1. The maximum Gasteiger partial charge on any atom is 2.00 e. The predicted molar refractivity (Wildman–Crippen MR) is 40.9 cm³/mol. The third kappa shape index (κ3) is 5.62. The van der Waals surface area contributed by atoms with E-state index in [0.717, 1.165) is 0 Å². The van der Waals surface area contributed by atoms with Crippen molar-refractivity contribution in [3.05, 3.63) is 37.4 Å². The normalized spacial score (nSPS) is 7.27. The molecule has 11 heavy (non-hydrogen) atoms. The molecule has 0 saturated carbocycles. The van der Waals surface area contributed by atoms with E-state index in [1.165, 1.54) is 12.7 Å². The van der Waals surface area contributed by atoms with Crippen molar-refractivity contribution in [3.63, 3.8) is 0 Å². The van der Waals surface area contributed by atoms with Crippen LogP contribution >= 0.6 is 0 Å². The Bertz CT molecular complexity index is 154. The van der Waals surface area contributed by atoms with Crippen molar-refractivity contribution >= 4 is 23.1 Å². The Kier molecular flexibility index (Phi) is 6.76. The topological polar surface area (TPSA) is 54.0 Å². The van der Waals surface area contributed by atoms with Crippen molar-refractivity contribution < 1.29 is 0 Å². The van der Waals surface area contributed by atoms with Crippen LogP contribution in [-0.2, 0) is 0 Å². The van der Waals surface area contributed by atoms with Crippen molar-refractivity contribution in [3.8, 4) is 0 Å². The number of hydrogen-bond acceptors (Lipinski definition) is 2. The smallest absolute Gasteiger partial charge is 0.450 e. The Hall–Kier alpha value is -0.814. The third-order valence-electron chi connectivity index (χ3n) is 0.744. The quantitative estimate of drug-likeness (QED) is 0.494. The second-order valence-corrected chi connectivity index (χ2v) is 1.42. The van der Waals surface area contributed by atoms with Crippen LogP contribution in [-0.4, -0.2) is 33.0 Å². The van der Waals surface area contributed by atoms with Crippen LogP contribution < -0.4 is 9.97 Å². The molecule has 0 atom stereocenters. The van der Waals surface area contributed by atoms with Crippen LogP contribution in [0.3, 0.4) is 0 Å². The molecule has 0 fully saturated rings. The van der Waals surface area contributed by atoms with E-state index in [2.05, 4.69) is 19.9 Å². The molecule has 0 amide bonds. The van der Waals surface area contributed by atoms with Crippen LogP contribution in [0.15, 0.2) is 37.4 Å². The molecule has 2 rings (SSSR count). The number of nitrogens with zero attached hydrogens (tertiary/aromatic N) is 4. The summed E-state index contributed by atoms with van der Waals surface area (Å²) in [6.07, 6.45) is 9.56. The van der Waals surface area contributed by atoms with Crippen molar-refractivity contribution in [1.29, 1.82) is 0 Å². The summed E-state index contributed by atoms with van der Waals surface area (Å²) in [5.74, 6) is 0. The summed E-state index contributed by atoms with van der Waals surface area (Å²) in [6.45, 7) is 0. The zero-order valence-corrected chi connectivity index (χ0v) is 7.37. The van der Waals surface area contributed by atoms with Gasteiger partial charge >= 0.3 is 23.1 Å². The first-order valence-corrected chi connectivity index (χ1v) is 2.73. The number of imidazole rings is 2. The molecular formula is C6H6MgN4. The van der Waals surface area contributed by atoms with E-state index in [1.54, 1.807) is 24.8 Å². The van der Waals surface area contributed by atoms with E-state index in [-0.39, 0.29) is 23.1 Å². The first-order chi connectivity index (χ1) is 5.00. The Morgan fingerprint density at radius 2 is 1.27 bits per heavy atom. The fourth-order valence-corrected chi connectivity index (χ4v) is 0.385. The average Bonchev–Trinajstić information content (AvgIpc) is 2.67. The Balaban J connectivity index is 0.000000167. The molecule has 2 aromatic heterocycles. The summed E-state index contributed by atoms with van der Waals surface area (Å²) in [4.78, 5) is 14.4. The zero-order chi connectivity index (χ0) is 7.07. The fourth-order valence-electron chi connectivity index (χ4n) is 0.385. The largest absolute Gasteiger partial charge is 2.00 e. The second-order valence-electron chi connectivity index (χ2n) is 1.42. The van der Waals surface area contributed by atoms with Gasteiger partial charge in [-0.2, -0.15) is 0 Å². The van der Waals surface area contributed by atoms with E-state index in [1.807, 2.05) is 0 Å². The van der Waals surface area contributed by atoms with Crippen molar-refractivity contribution in [2.75, 3.05) is 0 Å². The first-order valence-electron chi connectivity index (χ1n) is 2.73. The molecule has 0 spiro atoms. The zero-order valence-electron chi connectivity index (χ0n) is 5.96. The van der Waals surface area contributed by atoms with Gasteiger partial charge in [0.2, 0.25) is 0 Å². The maximum atomic E-state index is 3.61. The van der Waals surface area contributed by atoms with Crippen LogP contribution in [0.25, 0.3) is 0 Å². The van der Waals surface area contributed by atoms with E-state index in [9.17, 15) is 0 Å². The minimum Gasteiger partial charge on any atom is -0.450 e. The van der Waals surface area contributed by atoms with Gasteiger partial charge in [0, 0.05) is 0 Å². The van der Waals surface area contributed by atoms with E-state index < -0.39 is 0 Å². The van der Waals surface area contributed by atoms with Gasteiger partial charge in [0.1, 0.15) is 0 Å². The molecule has 0 radical (unpaired) electrons. The molecule has 2 heterocycles. The molecule has 0 aliphatic carbocycles. The van der Waals surface area contributed by atoms with Gasteiger partial charge < -0.3 is 19.9 Å². The van der Waals surface area contributed by atoms with Crippen LogP contribution in [0.1, 0.15) is 0 Å². The van der Waals surface area contributed by atoms with Gasteiger partial charge in [0.15, 0.2) is 0 Å². The monoisotopic (exact) mass is 158 g/mol. The van der Waals surface area contributed by atoms with E-state index in [4.69, 9.17) is 0 Å². The van der Waals surface area contributed by atoms with Gasteiger partial charge in [-0.1, -0.05) is 37.4 Å². The third-order valence-corrected chi connectivity index (χ3v) is 0.744. The van der Waals surface area contributed by atoms with Gasteiger partial charge in [0.05, 0.1) is 0 Å². The summed E-state index contributed by atoms with van der Waals surface area (Å²) in [5, 5.41) is 0. The molecular weight excluding hydrogens is 152 g/mol. The van der Waals surface area contributed by atoms with Gasteiger partial charge in [-0.25, -0.2) is 0 Å². The molecule has 0 aliphatic rings. The van der Waals surface area contributed by atoms with Crippen LogP contribution in [0, 0.1) is 0 Å². The molecule has 52 valence electrons. The molecule has 0 aliphatic heterocycles. The molecule has 0 saturated heterocycles. The first kappa shape index (κ1) is 10.2. The van der Waals surface area contributed by atoms with Crippen LogP contribution in [0.5, 0.6) is 0 Å². The number of hydrogen-bond donors (Lipinski definition) is 0. The summed E-state index contributed by atoms with van der Waals surface area (Å²) in [6, 6.07) is 0. The predicted octanol–water partition coefficient (Wildman–Crippen LogP) is -0.303. The molecule has 0 N–H and O–H groups in total. The fraction of sp³-hybridized carbons (Fsp3) is 0.